The number of hydrogen-bond donors (Lipinski definition) is 1. The van der Waals surface area contributed by atoms with Crippen molar-refractivity contribution in [3.05, 3.63) is 47.8 Å². The van der Waals surface area contributed by atoms with Gasteiger partial charge in [-0.05, 0) is 37.1 Å². The van der Waals surface area contributed by atoms with Crippen molar-refractivity contribution < 1.29 is 18.0 Å². The van der Waals surface area contributed by atoms with Crippen molar-refractivity contribution in [3.8, 4) is 0 Å². The molecule has 0 bridgehead atoms. The molecule has 0 atom stereocenters. The molecule has 8 heteroatoms. The molecule has 5 nitrogen and oxygen atoms in total. The first kappa shape index (κ1) is 19.7. The second-order valence-electron chi connectivity index (χ2n) is 5.79. The Balaban J connectivity index is 2.05. The van der Waals surface area contributed by atoms with Crippen LogP contribution in [0.5, 0.6) is 0 Å². The van der Waals surface area contributed by atoms with Gasteiger partial charge in [-0.25, -0.2) is 9.97 Å². The average molecular weight is 366 g/mol. The molecule has 0 radical (unpaired) electrons. The van der Waals surface area contributed by atoms with Gasteiger partial charge in [-0.2, -0.15) is 13.2 Å². The van der Waals surface area contributed by atoms with Crippen LogP contribution in [0.1, 0.15) is 42.6 Å². The average Bonchev–Trinajstić information content (AvgIpc) is 2.61. The number of carbonyl (C=O) groups excluding carboxylic acids is 1. The van der Waals surface area contributed by atoms with E-state index in [1.165, 1.54) is 24.5 Å². The van der Waals surface area contributed by atoms with Crippen LogP contribution >= 0.6 is 0 Å². The van der Waals surface area contributed by atoms with Gasteiger partial charge in [-0.1, -0.05) is 13.8 Å². The minimum atomic E-state index is -4.41. The summed E-state index contributed by atoms with van der Waals surface area (Å²) < 4.78 is 37.7. The Morgan fingerprint density at radius 1 is 1.04 bits per heavy atom. The first-order valence-corrected chi connectivity index (χ1v) is 8.40. The normalized spacial score (nSPS) is 11.3. The molecule has 0 aliphatic rings. The lowest BCUT2D eigenvalue weighted by Gasteiger charge is -2.21. The number of alkyl halides is 3. The maximum atomic E-state index is 12.6. The number of rotatable bonds is 7. The largest absolute Gasteiger partial charge is 0.416 e. The van der Waals surface area contributed by atoms with E-state index < -0.39 is 17.6 Å². The standard InChI is InChI=1S/C18H21F3N4O/c1-3-9-25(10-4-2)17-22-11-13(12-23-17)16(26)24-15-7-5-14(6-8-15)18(19,20)21/h5-8,11-12H,3-4,9-10H2,1-2H3,(H,24,26). The number of carbonyl (C=O) groups is 1. The van der Waals surface area contributed by atoms with Crippen LogP contribution in [0.3, 0.4) is 0 Å². The Kier molecular flexibility index (Phi) is 6.54. The fourth-order valence-corrected chi connectivity index (χ4v) is 2.40. The maximum Gasteiger partial charge on any atom is 0.416 e. The van der Waals surface area contributed by atoms with Gasteiger partial charge in [0.15, 0.2) is 0 Å². The van der Waals surface area contributed by atoms with Gasteiger partial charge in [0.25, 0.3) is 5.91 Å². The van der Waals surface area contributed by atoms with E-state index in [0.717, 1.165) is 38.1 Å². The third-order valence-electron chi connectivity index (χ3n) is 3.64. The van der Waals surface area contributed by atoms with E-state index in [1.54, 1.807) is 0 Å². The second kappa shape index (κ2) is 8.64. The van der Waals surface area contributed by atoms with Crippen LogP contribution in [0.25, 0.3) is 0 Å². The first-order valence-electron chi connectivity index (χ1n) is 8.40. The lowest BCUT2D eigenvalue weighted by Crippen LogP contribution is -2.27. The summed E-state index contributed by atoms with van der Waals surface area (Å²) in [6, 6.07) is 4.26. The topological polar surface area (TPSA) is 58.1 Å². The summed E-state index contributed by atoms with van der Waals surface area (Å²) in [7, 11) is 0. The lowest BCUT2D eigenvalue weighted by molar-refractivity contribution is -0.137. The fraction of sp³-hybridized carbons (Fsp3) is 0.389. The minimum Gasteiger partial charge on any atom is -0.341 e. The van der Waals surface area contributed by atoms with E-state index in [4.69, 9.17) is 0 Å². The number of amides is 1. The zero-order valence-corrected chi connectivity index (χ0v) is 14.7. The number of nitrogens with one attached hydrogen (secondary N) is 1. The van der Waals surface area contributed by atoms with E-state index in [9.17, 15) is 18.0 Å². The quantitative estimate of drug-likeness (QED) is 0.790. The number of anilines is 2. The highest BCUT2D eigenvalue weighted by molar-refractivity contribution is 6.03. The van der Waals surface area contributed by atoms with Crippen LogP contribution < -0.4 is 10.2 Å². The summed E-state index contributed by atoms with van der Waals surface area (Å²) in [6.07, 6.45) is 0.342. The fourth-order valence-electron chi connectivity index (χ4n) is 2.40. The summed E-state index contributed by atoms with van der Waals surface area (Å²) in [5.41, 5.74) is -0.262. The van der Waals surface area contributed by atoms with Crippen molar-refractivity contribution in [1.29, 1.82) is 0 Å². The van der Waals surface area contributed by atoms with Crippen molar-refractivity contribution in [2.75, 3.05) is 23.3 Å². The highest BCUT2D eigenvalue weighted by Gasteiger charge is 2.30. The second-order valence-corrected chi connectivity index (χ2v) is 5.79. The molecule has 2 aromatic rings. The first-order chi connectivity index (χ1) is 12.3. The molecule has 0 saturated heterocycles. The monoisotopic (exact) mass is 366 g/mol. The van der Waals surface area contributed by atoms with Crippen LogP contribution in [0.15, 0.2) is 36.7 Å². The molecule has 0 unspecified atom stereocenters. The summed E-state index contributed by atoms with van der Waals surface area (Å²) in [5, 5.41) is 2.54. The SMILES string of the molecule is CCCN(CCC)c1ncc(C(=O)Nc2ccc(C(F)(F)F)cc2)cn1. The van der Waals surface area contributed by atoms with E-state index in [2.05, 4.69) is 29.1 Å². The summed E-state index contributed by atoms with van der Waals surface area (Å²) >= 11 is 0. The molecule has 1 amide bonds. The predicted octanol–water partition coefficient (Wildman–Crippen LogP) is 4.37. The maximum absolute atomic E-state index is 12.6. The van der Waals surface area contributed by atoms with Gasteiger partial charge in [0.05, 0.1) is 11.1 Å². The molecule has 0 aliphatic carbocycles. The molecule has 0 spiro atoms. The lowest BCUT2D eigenvalue weighted by atomic mass is 10.2. The van der Waals surface area contributed by atoms with E-state index >= 15 is 0 Å². The summed E-state index contributed by atoms with van der Waals surface area (Å²) in [5.74, 6) is 0.0774. The third kappa shape index (κ3) is 5.18. The molecule has 1 heterocycles. The van der Waals surface area contributed by atoms with E-state index in [-0.39, 0.29) is 11.3 Å². The molecule has 1 aromatic carbocycles. The van der Waals surface area contributed by atoms with Crippen LogP contribution in [0.4, 0.5) is 24.8 Å². The highest BCUT2D eigenvalue weighted by Crippen LogP contribution is 2.29. The number of benzene rings is 1. The third-order valence-corrected chi connectivity index (χ3v) is 3.64. The smallest absolute Gasteiger partial charge is 0.341 e. The van der Waals surface area contributed by atoms with Crippen LogP contribution in [0, 0.1) is 0 Å². The molecule has 2 rings (SSSR count). The van der Waals surface area contributed by atoms with E-state index in [0.29, 0.717) is 5.95 Å². The van der Waals surface area contributed by atoms with Crippen molar-refractivity contribution in [2.24, 2.45) is 0 Å². The van der Waals surface area contributed by atoms with Crippen LogP contribution in [-0.4, -0.2) is 29.0 Å². The predicted molar refractivity (Wildman–Crippen MR) is 94.2 cm³/mol. The molecule has 0 aliphatic heterocycles. The number of halogens is 3. The molecule has 1 N–H and O–H groups in total. The Bertz CT molecular complexity index is 709. The Morgan fingerprint density at radius 3 is 2.04 bits per heavy atom. The Morgan fingerprint density at radius 2 is 1.58 bits per heavy atom. The molecule has 0 saturated carbocycles. The van der Waals surface area contributed by atoms with Gasteiger partial charge >= 0.3 is 6.18 Å². The summed E-state index contributed by atoms with van der Waals surface area (Å²) in [6.45, 7) is 5.78. The zero-order valence-electron chi connectivity index (χ0n) is 14.7. The molecular formula is C18H21F3N4O. The van der Waals surface area contributed by atoms with Gasteiger partial charge in [0.2, 0.25) is 5.95 Å². The number of aromatic nitrogens is 2. The Hall–Kier alpha value is -2.64. The Labute approximate surface area is 150 Å². The zero-order chi connectivity index (χ0) is 19.2. The van der Waals surface area contributed by atoms with Crippen molar-refractivity contribution >= 4 is 17.5 Å². The molecule has 1 aromatic heterocycles. The van der Waals surface area contributed by atoms with Crippen LogP contribution in [-0.2, 0) is 6.18 Å². The van der Waals surface area contributed by atoms with Crippen LogP contribution in [0.2, 0.25) is 0 Å². The highest BCUT2D eigenvalue weighted by atomic mass is 19.4. The molecule has 26 heavy (non-hydrogen) atoms. The molecular weight excluding hydrogens is 345 g/mol. The summed E-state index contributed by atoms with van der Waals surface area (Å²) in [4.78, 5) is 22.7. The van der Waals surface area contributed by atoms with Gasteiger partial charge in [-0.3, -0.25) is 4.79 Å². The molecule has 0 fully saturated rings. The van der Waals surface area contributed by atoms with Gasteiger partial charge in [0, 0.05) is 31.2 Å². The van der Waals surface area contributed by atoms with Gasteiger partial charge in [0.1, 0.15) is 0 Å². The van der Waals surface area contributed by atoms with Crippen molar-refractivity contribution in [3.63, 3.8) is 0 Å². The van der Waals surface area contributed by atoms with E-state index in [1.807, 2.05) is 4.90 Å². The molecule has 140 valence electrons. The van der Waals surface area contributed by atoms with Crippen molar-refractivity contribution in [1.82, 2.24) is 9.97 Å². The minimum absolute atomic E-state index is 0.238. The number of hydrogen-bond acceptors (Lipinski definition) is 4. The van der Waals surface area contributed by atoms with Gasteiger partial charge in [-0.15, -0.1) is 0 Å². The number of nitrogens with zero attached hydrogens (tertiary/aromatic N) is 3. The van der Waals surface area contributed by atoms with Gasteiger partial charge < -0.3 is 10.2 Å². The van der Waals surface area contributed by atoms with Crippen molar-refractivity contribution in [2.45, 2.75) is 32.9 Å².